The van der Waals surface area contributed by atoms with E-state index in [9.17, 15) is 9.67 Å². The molecule has 0 saturated carbocycles. The van der Waals surface area contributed by atoms with Crippen LogP contribution < -0.4 is 0 Å². The molecule has 7 heteroatoms. The van der Waals surface area contributed by atoms with Crippen LogP contribution in [0.5, 0.6) is 5.75 Å². The highest BCUT2D eigenvalue weighted by atomic mass is 31.2. The van der Waals surface area contributed by atoms with E-state index in [0.29, 0.717) is 5.69 Å². The first-order valence-electron chi connectivity index (χ1n) is 8.28. The second-order valence-corrected chi connectivity index (χ2v) is 9.92. The number of phenols is 1. The molecule has 26 heavy (non-hydrogen) atoms. The third-order valence-electron chi connectivity index (χ3n) is 3.98. The lowest BCUT2D eigenvalue weighted by Gasteiger charge is -2.28. The van der Waals surface area contributed by atoms with Gasteiger partial charge in [0, 0.05) is 28.6 Å². The molecule has 0 saturated heterocycles. The topological polar surface area (TPSA) is 104 Å². The van der Waals surface area contributed by atoms with Crippen molar-refractivity contribution in [1.82, 2.24) is 5.16 Å². The van der Waals surface area contributed by atoms with E-state index < -0.39 is 7.60 Å². The first-order chi connectivity index (χ1) is 11.7. The van der Waals surface area contributed by atoms with E-state index in [2.05, 4.69) is 5.16 Å². The lowest BCUT2D eigenvalue weighted by atomic mass is 9.78. The van der Waals surface area contributed by atoms with Crippen LogP contribution in [0.3, 0.4) is 0 Å². The van der Waals surface area contributed by atoms with Crippen LogP contribution in [0.2, 0.25) is 0 Å². The minimum absolute atomic E-state index is 0.242. The van der Waals surface area contributed by atoms with Gasteiger partial charge in [0.15, 0.2) is 5.76 Å². The fraction of sp³-hybridized carbons (Fsp3) is 0.421. The normalized spacial score (nSPS) is 13.5. The Labute approximate surface area is 153 Å². The molecular weight excluding hydrogens is 353 g/mol. The molecule has 0 atom stereocenters. The number of aromatic nitrogens is 1. The van der Waals surface area contributed by atoms with Crippen LogP contribution in [0.15, 0.2) is 28.5 Å². The molecule has 2 rings (SSSR count). The monoisotopic (exact) mass is 379 g/mol. The predicted octanol–water partition coefficient (Wildman–Crippen LogP) is 4.79. The van der Waals surface area contributed by atoms with Crippen molar-refractivity contribution in [1.29, 1.82) is 0 Å². The van der Waals surface area contributed by atoms with Crippen LogP contribution in [0.4, 0.5) is 0 Å². The van der Waals surface area contributed by atoms with Crippen molar-refractivity contribution in [3.05, 3.63) is 40.9 Å². The maximum Gasteiger partial charge on any atom is 0.349 e. The number of nitrogens with zero attached hydrogens (tertiary/aromatic N) is 1. The van der Waals surface area contributed by atoms with Gasteiger partial charge in [-0.05, 0) is 29.0 Å². The molecule has 0 unspecified atom stereocenters. The fourth-order valence-electron chi connectivity index (χ4n) is 2.60. The Morgan fingerprint density at radius 3 is 1.92 bits per heavy atom. The highest BCUT2D eigenvalue weighted by Crippen LogP contribution is 2.42. The summed E-state index contributed by atoms with van der Waals surface area (Å²) in [6, 6.07) is 5.36. The second kappa shape index (κ2) is 6.69. The van der Waals surface area contributed by atoms with Crippen LogP contribution in [0.1, 0.15) is 58.4 Å². The average molecular weight is 379 g/mol. The molecule has 1 aromatic heterocycles. The van der Waals surface area contributed by atoms with Gasteiger partial charge in [-0.3, -0.25) is 4.57 Å². The van der Waals surface area contributed by atoms with Gasteiger partial charge in [-0.25, -0.2) is 0 Å². The summed E-state index contributed by atoms with van der Waals surface area (Å²) in [6.45, 7) is 12.1. The predicted molar refractivity (Wildman–Crippen MR) is 102 cm³/mol. The van der Waals surface area contributed by atoms with Gasteiger partial charge >= 0.3 is 7.60 Å². The Bertz CT molecular complexity index is 843. The smallest absolute Gasteiger partial charge is 0.349 e. The van der Waals surface area contributed by atoms with Crippen LogP contribution in [0, 0.1) is 0 Å². The van der Waals surface area contributed by atoms with Crippen molar-refractivity contribution in [3.63, 3.8) is 0 Å². The molecule has 1 heterocycles. The van der Waals surface area contributed by atoms with E-state index in [-0.39, 0.29) is 22.3 Å². The summed E-state index contributed by atoms with van der Waals surface area (Å²) >= 11 is 0. The van der Waals surface area contributed by atoms with E-state index in [1.54, 1.807) is 6.07 Å². The number of rotatable bonds is 3. The second-order valence-electron chi connectivity index (χ2n) is 8.44. The van der Waals surface area contributed by atoms with E-state index in [1.165, 1.54) is 6.08 Å². The Morgan fingerprint density at radius 2 is 1.50 bits per heavy atom. The quantitative estimate of drug-likeness (QED) is 0.663. The number of hydrogen-bond donors (Lipinski definition) is 3. The number of hydrogen-bond acceptors (Lipinski definition) is 4. The zero-order valence-corrected chi connectivity index (χ0v) is 16.8. The first kappa shape index (κ1) is 20.4. The summed E-state index contributed by atoms with van der Waals surface area (Å²) < 4.78 is 16.1. The van der Waals surface area contributed by atoms with E-state index >= 15 is 0 Å². The fourth-order valence-corrected chi connectivity index (χ4v) is 2.94. The molecule has 0 bridgehead atoms. The number of benzene rings is 1. The van der Waals surface area contributed by atoms with Crippen molar-refractivity contribution >= 4 is 13.7 Å². The first-order valence-corrected chi connectivity index (χ1v) is 9.96. The molecule has 0 aliphatic carbocycles. The van der Waals surface area contributed by atoms with Crippen molar-refractivity contribution in [2.45, 2.75) is 52.4 Å². The third kappa shape index (κ3) is 4.85. The third-order valence-corrected chi connectivity index (χ3v) is 4.52. The minimum atomic E-state index is -4.26. The molecule has 0 aliphatic rings. The van der Waals surface area contributed by atoms with Gasteiger partial charge in [0.05, 0.1) is 0 Å². The van der Waals surface area contributed by atoms with Gasteiger partial charge < -0.3 is 19.4 Å². The molecule has 1 aromatic carbocycles. The van der Waals surface area contributed by atoms with Crippen LogP contribution in [-0.4, -0.2) is 20.1 Å². The highest BCUT2D eigenvalue weighted by Gasteiger charge is 2.27. The molecule has 0 fully saturated rings. The molecular formula is C19H26NO5P. The number of aromatic hydroxyl groups is 1. The van der Waals surface area contributed by atoms with Gasteiger partial charge in [0.1, 0.15) is 11.4 Å². The van der Waals surface area contributed by atoms with E-state index in [0.717, 1.165) is 22.5 Å². The van der Waals surface area contributed by atoms with Crippen molar-refractivity contribution in [2.75, 3.05) is 0 Å². The lowest BCUT2D eigenvalue weighted by molar-refractivity contribution is 0.386. The van der Waals surface area contributed by atoms with E-state index in [4.69, 9.17) is 14.3 Å². The summed E-state index contributed by atoms with van der Waals surface area (Å²) in [7, 11) is -4.26. The standard InChI is InChI=1S/C19H26NO5P/c1-18(2,3)14-9-12(10-15(17(14)21)19(4,5)6)16-11-13(25-20-16)7-8-26(22,23)24/h7-11,21H,1-6H3,(H2,22,23,24). The summed E-state index contributed by atoms with van der Waals surface area (Å²) in [5.74, 6) is 1.29. The average Bonchev–Trinajstić information content (AvgIpc) is 2.91. The molecule has 0 amide bonds. The van der Waals surface area contributed by atoms with Gasteiger partial charge in [0.2, 0.25) is 0 Å². The van der Waals surface area contributed by atoms with Gasteiger partial charge in [-0.15, -0.1) is 0 Å². The van der Waals surface area contributed by atoms with E-state index in [1.807, 2.05) is 53.7 Å². The van der Waals surface area contributed by atoms with Crippen LogP contribution in [0.25, 0.3) is 17.3 Å². The van der Waals surface area contributed by atoms with Gasteiger partial charge in [0.25, 0.3) is 0 Å². The maximum atomic E-state index is 10.9. The summed E-state index contributed by atoms with van der Waals surface area (Å²) in [5.41, 5.74) is 2.37. The molecule has 6 nitrogen and oxygen atoms in total. The van der Waals surface area contributed by atoms with Gasteiger partial charge in [-0.2, -0.15) is 0 Å². The molecule has 0 spiro atoms. The Morgan fingerprint density at radius 1 is 1.00 bits per heavy atom. The SMILES string of the molecule is CC(C)(C)c1cc(-c2cc(C=CP(=O)(O)O)on2)cc(C(C)(C)C)c1O. The molecule has 0 aliphatic heterocycles. The molecule has 2 aromatic rings. The minimum Gasteiger partial charge on any atom is -0.507 e. The molecule has 0 radical (unpaired) electrons. The van der Waals surface area contributed by atoms with Gasteiger partial charge in [-0.1, -0.05) is 46.7 Å². The zero-order chi connectivity index (χ0) is 19.9. The number of phenolic OH excluding ortho intramolecular Hbond substituents is 1. The van der Waals surface area contributed by atoms with Crippen molar-refractivity contribution < 1.29 is 24.0 Å². The zero-order valence-electron chi connectivity index (χ0n) is 15.9. The Kier molecular flexibility index (Phi) is 5.26. The van der Waals surface area contributed by atoms with Crippen LogP contribution >= 0.6 is 7.60 Å². The molecule has 142 valence electrons. The Hall–Kier alpha value is -1.88. The van der Waals surface area contributed by atoms with Crippen molar-refractivity contribution in [2.24, 2.45) is 0 Å². The highest BCUT2D eigenvalue weighted by molar-refractivity contribution is 7.55. The van der Waals surface area contributed by atoms with Crippen molar-refractivity contribution in [3.8, 4) is 17.0 Å². The molecule has 3 N–H and O–H groups in total. The summed E-state index contributed by atoms with van der Waals surface area (Å²) in [4.78, 5) is 17.8. The summed E-state index contributed by atoms with van der Waals surface area (Å²) in [5, 5.41) is 14.8. The summed E-state index contributed by atoms with van der Waals surface area (Å²) in [6.07, 6.45) is 1.20. The lowest BCUT2D eigenvalue weighted by Crippen LogP contribution is -2.17. The van der Waals surface area contributed by atoms with Crippen LogP contribution in [-0.2, 0) is 15.4 Å². The Balaban J connectivity index is 2.59. The largest absolute Gasteiger partial charge is 0.507 e. The maximum absolute atomic E-state index is 10.9.